The third kappa shape index (κ3) is 6.06. The second-order valence-electron chi connectivity index (χ2n) is 7.18. The van der Waals surface area contributed by atoms with Crippen LogP contribution >= 0.6 is 0 Å². The molecule has 1 heterocycles. The summed E-state index contributed by atoms with van der Waals surface area (Å²) < 4.78 is 6.20. The number of aryl methyl sites for hydroxylation is 1. The molecular formula is C18H28N4O5. The normalized spacial score (nSPS) is 20.7. The van der Waals surface area contributed by atoms with Gasteiger partial charge in [-0.1, -0.05) is 0 Å². The number of carbonyl (C=O) groups excluding carboxylic acids is 2. The smallest absolute Gasteiger partial charge is 0.328 e. The average molecular weight is 380 g/mol. The zero-order chi connectivity index (χ0) is 20.0. The maximum absolute atomic E-state index is 12.2. The van der Waals surface area contributed by atoms with Gasteiger partial charge >= 0.3 is 5.69 Å². The molecule has 0 aliphatic heterocycles. The third-order valence-corrected chi connectivity index (χ3v) is 4.77. The summed E-state index contributed by atoms with van der Waals surface area (Å²) in [5, 5.41) is 5.84. The van der Waals surface area contributed by atoms with E-state index in [9.17, 15) is 19.2 Å². The molecule has 0 radical (unpaired) electrons. The van der Waals surface area contributed by atoms with Crippen LogP contribution < -0.4 is 21.9 Å². The van der Waals surface area contributed by atoms with Crippen molar-refractivity contribution in [3.8, 4) is 0 Å². The van der Waals surface area contributed by atoms with E-state index in [4.69, 9.17) is 4.74 Å². The number of H-pyrrole nitrogens is 1. The number of rotatable bonds is 7. The van der Waals surface area contributed by atoms with Crippen molar-refractivity contribution < 1.29 is 14.3 Å². The first-order valence-electron chi connectivity index (χ1n) is 9.19. The first-order valence-corrected chi connectivity index (χ1v) is 9.19. The molecule has 0 saturated heterocycles. The van der Waals surface area contributed by atoms with Crippen LogP contribution in [0.3, 0.4) is 0 Å². The molecule has 1 aliphatic rings. The Bertz CT molecular complexity index is 777. The SMILES string of the molecule is COC[C@H](C)NC(=O)C1CCC(NC(=O)Cn2cc(C)c(=O)[nH]c2=O)CC1. The highest BCUT2D eigenvalue weighted by Gasteiger charge is 2.27. The third-order valence-electron chi connectivity index (χ3n) is 4.77. The quantitative estimate of drug-likeness (QED) is 0.598. The fourth-order valence-corrected chi connectivity index (χ4v) is 3.32. The molecule has 27 heavy (non-hydrogen) atoms. The standard InChI is InChI=1S/C18H28N4O5/c1-11-8-22(18(26)21-16(11)24)9-15(23)20-14-6-4-13(5-7-14)17(25)19-12(2)10-27-3/h8,12-14H,4-7,9-10H2,1-3H3,(H,19,25)(H,20,23)(H,21,24,26)/t12-,13?,14?/m0/s1. The number of nitrogens with zero attached hydrogens (tertiary/aromatic N) is 1. The summed E-state index contributed by atoms with van der Waals surface area (Å²) in [6, 6.07) is -0.0449. The van der Waals surface area contributed by atoms with Gasteiger partial charge in [0.05, 0.1) is 6.61 Å². The largest absolute Gasteiger partial charge is 0.383 e. The number of hydrogen-bond acceptors (Lipinski definition) is 5. The molecule has 1 fully saturated rings. The number of aromatic nitrogens is 2. The number of nitrogens with one attached hydrogen (secondary N) is 3. The van der Waals surface area contributed by atoms with Crippen LogP contribution in [0.25, 0.3) is 0 Å². The van der Waals surface area contributed by atoms with E-state index in [2.05, 4.69) is 15.6 Å². The van der Waals surface area contributed by atoms with Crippen LogP contribution in [0.2, 0.25) is 0 Å². The van der Waals surface area contributed by atoms with Crippen LogP contribution in [0.5, 0.6) is 0 Å². The van der Waals surface area contributed by atoms with Crippen molar-refractivity contribution >= 4 is 11.8 Å². The molecular weight excluding hydrogens is 352 g/mol. The van der Waals surface area contributed by atoms with E-state index in [-0.39, 0.29) is 36.4 Å². The summed E-state index contributed by atoms with van der Waals surface area (Å²) in [5.74, 6) is -0.313. The minimum Gasteiger partial charge on any atom is -0.383 e. The van der Waals surface area contributed by atoms with Crippen LogP contribution in [0.1, 0.15) is 38.2 Å². The molecule has 0 bridgehead atoms. The van der Waals surface area contributed by atoms with Crippen molar-refractivity contribution in [3.63, 3.8) is 0 Å². The van der Waals surface area contributed by atoms with Crippen LogP contribution in [0, 0.1) is 12.8 Å². The van der Waals surface area contributed by atoms with E-state index in [1.807, 2.05) is 6.92 Å². The molecule has 150 valence electrons. The van der Waals surface area contributed by atoms with Gasteiger partial charge in [-0.25, -0.2) is 4.79 Å². The van der Waals surface area contributed by atoms with E-state index >= 15 is 0 Å². The number of methoxy groups -OCH3 is 1. The Labute approximate surface area is 157 Å². The molecule has 0 unspecified atom stereocenters. The second-order valence-corrected chi connectivity index (χ2v) is 7.18. The van der Waals surface area contributed by atoms with E-state index in [0.29, 0.717) is 37.9 Å². The van der Waals surface area contributed by atoms with Crippen molar-refractivity contribution in [3.05, 3.63) is 32.6 Å². The molecule has 0 spiro atoms. The molecule has 9 nitrogen and oxygen atoms in total. The fourth-order valence-electron chi connectivity index (χ4n) is 3.32. The van der Waals surface area contributed by atoms with Gasteiger partial charge in [-0.15, -0.1) is 0 Å². The number of ether oxygens (including phenoxy) is 1. The molecule has 1 saturated carbocycles. The summed E-state index contributed by atoms with van der Waals surface area (Å²) >= 11 is 0. The highest BCUT2D eigenvalue weighted by atomic mass is 16.5. The van der Waals surface area contributed by atoms with Crippen molar-refractivity contribution in [2.75, 3.05) is 13.7 Å². The van der Waals surface area contributed by atoms with Crippen LogP contribution in [0.4, 0.5) is 0 Å². The Balaban J connectivity index is 1.81. The molecule has 2 rings (SSSR count). The lowest BCUT2D eigenvalue weighted by atomic mass is 9.85. The molecule has 1 atom stereocenters. The van der Waals surface area contributed by atoms with Crippen molar-refractivity contribution in [1.82, 2.24) is 20.2 Å². The number of carbonyl (C=O) groups is 2. The predicted molar refractivity (Wildman–Crippen MR) is 99.4 cm³/mol. The second kappa shape index (κ2) is 9.50. The average Bonchev–Trinajstić information content (AvgIpc) is 2.60. The van der Waals surface area contributed by atoms with Crippen LogP contribution in [-0.4, -0.2) is 47.2 Å². The Morgan fingerprint density at radius 3 is 2.59 bits per heavy atom. The van der Waals surface area contributed by atoms with Gasteiger partial charge in [0.15, 0.2) is 0 Å². The van der Waals surface area contributed by atoms with Gasteiger partial charge in [-0.2, -0.15) is 0 Å². The molecule has 0 aromatic carbocycles. The molecule has 9 heteroatoms. The van der Waals surface area contributed by atoms with Crippen molar-refractivity contribution in [2.24, 2.45) is 5.92 Å². The van der Waals surface area contributed by atoms with E-state index in [1.54, 1.807) is 14.0 Å². The van der Waals surface area contributed by atoms with Gasteiger partial charge in [0.25, 0.3) is 5.56 Å². The minimum absolute atomic E-state index is 0.0162. The number of amides is 2. The van der Waals surface area contributed by atoms with Crippen molar-refractivity contribution in [2.45, 2.75) is 58.2 Å². The first kappa shape index (κ1) is 20.9. The van der Waals surface area contributed by atoms with Gasteiger partial charge in [-0.3, -0.25) is 23.9 Å². The summed E-state index contributed by atoms with van der Waals surface area (Å²) in [6.07, 6.45) is 4.20. The molecule has 1 aromatic heterocycles. The first-order chi connectivity index (χ1) is 12.8. The lowest BCUT2D eigenvalue weighted by Gasteiger charge is -2.29. The lowest BCUT2D eigenvalue weighted by Crippen LogP contribution is -2.45. The van der Waals surface area contributed by atoms with E-state index in [1.165, 1.54) is 10.8 Å². The van der Waals surface area contributed by atoms with E-state index < -0.39 is 11.2 Å². The maximum Gasteiger partial charge on any atom is 0.328 e. The molecule has 2 amide bonds. The molecule has 1 aliphatic carbocycles. The highest BCUT2D eigenvalue weighted by molar-refractivity contribution is 5.79. The number of hydrogen-bond donors (Lipinski definition) is 3. The zero-order valence-corrected chi connectivity index (χ0v) is 16.0. The van der Waals surface area contributed by atoms with Gasteiger partial charge < -0.3 is 15.4 Å². The predicted octanol–water partition coefficient (Wildman–Crippen LogP) is -0.329. The van der Waals surface area contributed by atoms with Gasteiger partial charge in [0.2, 0.25) is 11.8 Å². The fraction of sp³-hybridized carbons (Fsp3) is 0.667. The van der Waals surface area contributed by atoms with Crippen LogP contribution in [0.15, 0.2) is 15.8 Å². The summed E-state index contributed by atoms with van der Waals surface area (Å²) in [6.45, 7) is 3.80. The maximum atomic E-state index is 12.2. The summed E-state index contributed by atoms with van der Waals surface area (Å²) in [5.41, 5.74) is -0.684. The topological polar surface area (TPSA) is 122 Å². The van der Waals surface area contributed by atoms with Crippen LogP contribution in [-0.2, 0) is 20.9 Å². The Hall–Kier alpha value is -2.42. The lowest BCUT2D eigenvalue weighted by molar-refractivity contribution is -0.127. The van der Waals surface area contributed by atoms with Gasteiger partial charge in [-0.05, 0) is 39.5 Å². The highest BCUT2D eigenvalue weighted by Crippen LogP contribution is 2.24. The molecule has 1 aromatic rings. The molecule has 3 N–H and O–H groups in total. The Morgan fingerprint density at radius 1 is 1.30 bits per heavy atom. The summed E-state index contributed by atoms with van der Waals surface area (Å²) in [7, 11) is 1.60. The van der Waals surface area contributed by atoms with Crippen molar-refractivity contribution in [1.29, 1.82) is 0 Å². The van der Waals surface area contributed by atoms with E-state index in [0.717, 1.165) is 0 Å². The van der Waals surface area contributed by atoms with Gasteiger partial charge in [0, 0.05) is 36.9 Å². The van der Waals surface area contributed by atoms with Gasteiger partial charge in [0.1, 0.15) is 6.54 Å². The Morgan fingerprint density at radius 2 is 1.96 bits per heavy atom. The Kier molecular flexibility index (Phi) is 7.35. The minimum atomic E-state index is -0.605. The number of aromatic amines is 1. The summed E-state index contributed by atoms with van der Waals surface area (Å²) in [4.78, 5) is 49.7. The monoisotopic (exact) mass is 380 g/mol. The zero-order valence-electron chi connectivity index (χ0n) is 16.0.